The summed E-state index contributed by atoms with van der Waals surface area (Å²) < 4.78 is 0. The Morgan fingerprint density at radius 2 is 1.58 bits per heavy atom. The van der Waals surface area contributed by atoms with Gasteiger partial charge in [-0.3, -0.25) is 9.59 Å². The molecular weight excluding hydrogens is 446 g/mol. The molecule has 0 aliphatic rings. The van der Waals surface area contributed by atoms with Crippen molar-refractivity contribution in [1.82, 2.24) is 9.80 Å². The molecule has 5 nitrogen and oxygen atoms in total. The first-order chi connectivity index (χ1) is 17.1. The Morgan fingerprint density at radius 1 is 0.917 bits per heavy atom. The van der Waals surface area contributed by atoms with E-state index in [9.17, 15) is 9.59 Å². The number of aryl methyl sites for hydroxylation is 1. The van der Waals surface area contributed by atoms with E-state index in [0.717, 1.165) is 29.2 Å². The zero-order chi connectivity index (χ0) is 26.1. The summed E-state index contributed by atoms with van der Waals surface area (Å²) in [7, 11) is 3.54. The minimum Gasteiger partial charge on any atom is -0.344 e. The summed E-state index contributed by atoms with van der Waals surface area (Å²) in [5.74, 6) is -0.254. The predicted molar refractivity (Wildman–Crippen MR) is 149 cm³/mol. The lowest BCUT2D eigenvalue weighted by Crippen LogP contribution is -2.49. The molecule has 0 radical (unpaired) electrons. The van der Waals surface area contributed by atoms with Gasteiger partial charge in [0, 0.05) is 32.6 Å². The highest BCUT2D eigenvalue weighted by Crippen LogP contribution is 2.19. The molecular formula is C31H39N3O2. The normalized spacial score (nSPS) is 12.6. The van der Waals surface area contributed by atoms with Crippen molar-refractivity contribution in [3.63, 3.8) is 0 Å². The van der Waals surface area contributed by atoms with Gasteiger partial charge in [0.25, 0.3) is 0 Å². The standard InChI is InChI=1S/C31H39N3O2/c1-31(2,32)20-10-17-29(35)34(4)28(23-25-18-19-26-15-8-9-16-27(26)22-25)30(36)33(3)21-11-14-24-12-6-5-7-13-24/h5-10,12-13,15-19,22,28H,11,14,20-21,23,32H2,1-4H3/t28-/m1/s1. The molecule has 0 spiro atoms. The number of carbonyl (C=O) groups is 2. The van der Waals surface area contributed by atoms with Crippen molar-refractivity contribution in [3.05, 3.63) is 96.1 Å². The molecule has 0 heterocycles. The fourth-order valence-corrected chi connectivity index (χ4v) is 4.24. The van der Waals surface area contributed by atoms with Crippen LogP contribution in [0.4, 0.5) is 0 Å². The van der Waals surface area contributed by atoms with Gasteiger partial charge in [-0.05, 0) is 61.1 Å². The summed E-state index contributed by atoms with van der Waals surface area (Å²) in [6, 6.07) is 24.1. The summed E-state index contributed by atoms with van der Waals surface area (Å²) >= 11 is 0. The minimum absolute atomic E-state index is 0.0559. The van der Waals surface area contributed by atoms with Gasteiger partial charge >= 0.3 is 0 Å². The van der Waals surface area contributed by atoms with Crippen molar-refractivity contribution in [2.24, 2.45) is 5.73 Å². The van der Waals surface area contributed by atoms with Crippen LogP contribution in [-0.4, -0.2) is 53.8 Å². The monoisotopic (exact) mass is 485 g/mol. The summed E-state index contributed by atoms with van der Waals surface area (Å²) in [5.41, 5.74) is 7.93. The summed E-state index contributed by atoms with van der Waals surface area (Å²) in [6.07, 6.45) is 6.11. The highest BCUT2D eigenvalue weighted by Gasteiger charge is 2.29. The third kappa shape index (κ3) is 8.06. The van der Waals surface area contributed by atoms with E-state index in [1.165, 1.54) is 11.6 Å². The van der Waals surface area contributed by atoms with Gasteiger partial charge < -0.3 is 15.5 Å². The zero-order valence-corrected chi connectivity index (χ0v) is 22.0. The van der Waals surface area contributed by atoms with Crippen molar-refractivity contribution in [2.75, 3.05) is 20.6 Å². The smallest absolute Gasteiger partial charge is 0.246 e. The maximum atomic E-state index is 13.6. The van der Waals surface area contributed by atoms with Gasteiger partial charge in [-0.15, -0.1) is 0 Å². The SMILES string of the molecule is CN(CCCc1ccccc1)C(=O)[C@@H](Cc1ccc2ccccc2c1)N(C)C(=O)C=CCC(C)(C)N. The second kappa shape index (κ2) is 12.5. The van der Waals surface area contributed by atoms with Crippen molar-refractivity contribution in [1.29, 1.82) is 0 Å². The largest absolute Gasteiger partial charge is 0.344 e. The van der Waals surface area contributed by atoms with E-state index in [0.29, 0.717) is 19.4 Å². The average Bonchev–Trinajstić information content (AvgIpc) is 2.86. The Labute approximate surface area is 215 Å². The third-order valence-electron chi connectivity index (χ3n) is 6.43. The van der Waals surface area contributed by atoms with Crippen LogP contribution in [0.5, 0.6) is 0 Å². The average molecular weight is 486 g/mol. The molecule has 0 aliphatic carbocycles. The molecule has 3 rings (SSSR count). The Balaban J connectivity index is 1.75. The number of fused-ring (bicyclic) bond motifs is 1. The quantitative estimate of drug-likeness (QED) is 0.389. The van der Waals surface area contributed by atoms with E-state index in [2.05, 4.69) is 36.4 Å². The van der Waals surface area contributed by atoms with Crippen LogP contribution in [0.25, 0.3) is 10.8 Å². The second-order valence-electron chi connectivity index (χ2n) is 10.3. The van der Waals surface area contributed by atoms with E-state index in [1.54, 1.807) is 22.9 Å². The van der Waals surface area contributed by atoms with Crippen LogP contribution in [0.2, 0.25) is 0 Å². The zero-order valence-electron chi connectivity index (χ0n) is 22.0. The van der Waals surface area contributed by atoms with Gasteiger partial charge in [0.2, 0.25) is 11.8 Å². The van der Waals surface area contributed by atoms with E-state index in [-0.39, 0.29) is 11.8 Å². The van der Waals surface area contributed by atoms with Crippen LogP contribution < -0.4 is 5.73 Å². The van der Waals surface area contributed by atoms with Crippen LogP contribution in [0, 0.1) is 0 Å². The molecule has 0 saturated carbocycles. The molecule has 190 valence electrons. The fourth-order valence-electron chi connectivity index (χ4n) is 4.24. The maximum absolute atomic E-state index is 13.6. The van der Waals surface area contributed by atoms with Gasteiger partial charge in [0.1, 0.15) is 6.04 Å². The van der Waals surface area contributed by atoms with Crippen molar-refractivity contribution < 1.29 is 9.59 Å². The van der Waals surface area contributed by atoms with Crippen molar-refractivity contribution >= 4 is 22.6 Å². The van der Waals surface area contributed by atoms with Crippen LogP contribution in [0.15, 0.2) is 84.9 Å². The lowest BCUT2D eigenvalue weighted by atomic mass is 9.99. The lowest BCUT2D eigenvalue weighted by molar-refractivity contribution is -0.141. The second-order valence-corrected chi connectivity index (χ2v) is 10.3. The van der Waals surface area contributed by atoms with Crippen molar-refractivity contribution in [3.8, 4) is 0 Å². The van der Waals surface area contributed by atoms with Gasteiger partial charge in [0.15, 0.2) is 0 Å². The molecule has 1 atom stereocenters. The van der Waals surface area contributed by atoms with Crippen LogP contribution in [-0.2, 0) is 22.4 Å². The summed E-state index contributed by atoms with van der Waals surface area (Å²) in [4.78, 5) is 30.0. The number of hydrogen-bond acceptors (Lipinski definition) is 3. The van der Waals surface area contributed by atoms with E-state index < -0.39 is 11.6 Å². The molecule has 0 saturated heterocycles. The van der Waals surface area contributed by atoms with Crippen LogP contribution >= 0.6 is 0 Å². The number of rotatable bonds is 11. The van der Waals surface area contributed by atoms with Gasteiger partial charge in [-0.1, -0.05) is 78.9 Å². The summed E-state index contributed by atoms with van der Waals surface area (Å²) in [5, 5.41) is 2.27. The number of benzene rings is 3. The van der Waals surface area contributed by atoms with Crippen molar-refractivity contribution in [2.45, 2.75) is 51.1 Å². The molecule has 5 heteroatoms. The maximum Gasteiger partial charge on any atom is 0.246 e. The molecule has 0 fully saturated rings. The van der Waals surface area contributed by atoms with E-state index in [1.807, 2.05) is 57.3 Å². The topological polar surface area (TPSA) is 66.6 Å². The number of nitrogens with two attached hydrogens (primary N) is 1. The van der Waals surface area contributed by atoms with Gasteiger partial charge in [-0.25, -0.2) is 0 Å². The minimum atomic E-state index is -0.601. The Morgan fingerprint density at radius 3 is 2.28 bits per heavy atom. The third-order valence-corrected chi connectivity index (χ3v) is 6.43. The molecule has 2 N–H and O–H groups in total. The number of hydrogen-bond donors (Lipinski definition) is 1. The van der Waals surface area contributed by atoms with Gasteiger partial charge in [-0.2, -0.15) is 0 Å². The van der Waals surface area contributed by atoms with Gasteiger partial charge in [0.05, 0.1) is 0 Å². The van der Waals surface area contributed by atoms with Crippen LogP contribution in [0.3, 0.4) is 0 Å². The molecule has 2 amide bonds. The number of nitrogens with zero attached hydrogens (tertiary/aromatic N) is 2. The van der Waals surface area contributed by atoms with E-state index in [4.69, 9.17) is 5.73 Å². The first-order valence-corrected chi connectivity index (χ1v) is 12.6. The summed E-state index contributed by atoms with van der Waals surface area (Å²) in [6.45, 7) is 4.46. The Kier molecular flexibility index (Phi) is 9.43. The molecule has 0 bridgehead atoms. The molecule has 0 aliphatic heterocycles. The molecule has 3 aromatic carbocycles. The Bertz CT molecular complexity index is 1180. The molecule has 0 aromatic heterocycles. The fraction of sp³-hybridized carbons (Fsp3) is 0.355. The first-order valence-electron chi connectivity index (χ1n) is 12.6. The Hall–Kier alpha value is -3.44. The molecule has 0 unspecified atom stereocenters. The first kappa shape index (κ1) is 27.2. The van der Waals surface area contributed by atoms with Crippen LogP contribution in [0.1, 0.15) is 37.8 Å². The number of likely N-dealkylation sites (N-methyl/N-ethyl adjacent to an activating group) is 2. The number of carbonyl (C=O) groups excluding carboxylic acids is 2. The highest BCUT2D eigenvalue weighted by atomic mass is 16.2. The van der Waals surface area contributed by atoms with E-state index >= 15 is 0 Å². The molecule has 36 heavy (non-hydrogen) atoms. The lowest BCUT2D eigenvalue weighted by Gasteiger charge is -2.30. The predicted octanol–water partition coefficient (Wildman–Crippen LogP) is 4.98. The highest BCUT2D eigenvalue weighted by molar-refractivity contribution is 5.93. The molecule has 3 aromatic rings. The number of amides is 2.